The number of guanidine groups is 1. The normalized spacial score (nSPS) is 20.0. The number of nitrogens with one attached hydrogen (secondary N) is 1. The van der Waals surface area contributed by atoms with E-state index in [1.807, 2.05) is 19.2 Å². The standard InChI is InChI=1S/C21H30ClN3O3.HI/c1-23-20(25-10-6-16(7-11-25)19(26)27-2)24-15-21(8-12-28-13-9-21)17-4-3-5-18(22)14-17;/h3-5,14,16H,6-13,15H2,1-2H3,(H,23,24);1H. The van der Waals surface area contributed by atoms with E-state index in [1.54, 1.807) is 0 Å². The Bertz CT molecular complexity index is 702. The van der Waals surface area contributed by atoms with Gasteiger partial charge in [-0.15, -0.1) is 24.0 Å². The van der Waals surface area contributed by atoms with Gasteiger partial charge >= 0.3 is 5.97 Å². The van der Waals surface area contributed by atoms with Crippen LogP contribution >= 0.6 is 35.6 Å². The van der Waals surface area contributed by atoms with Gasteiger partial charge in [-0.1, -0.05) is 23.7 Å². The molecule has 2 fully saturated rings. The molecule has 2 saturated heterocycles. The molecule has 2 aliphatic heterocycles. The molecule has 6 nitrogen and oxygen atoms in total. The Morgan fingerprint density at radius 3 is 2.62 bits per heavy atom. The van der Waals surface area contributed by atoms with Crippen LogP contribution in [0.5, 0.6) is 0 Å². The molecule has 1 aromatic carbocycles. The Labute approximate surface area is 195 Å². The Balaban J connectivity index is 0.00000300. The monoisotopic (exact) mass is 535 g/mol. The Hall–Kier alpha value is -1.06. The molecular formula is C21H31ClIN3O3. The van der Waals surface area contributed by atoms with Crippen LogP contribution in [0.2, 0.25) is 5.02 Å². The fraction of sp³-hybridized carbons (Fsp3) is 0.619. The number of piperidine rings is 1. The van der Waals surface area contributed by atoms with Gasteiger partial charge in [0, 0.05) is 50.3 Å². The first-order valence-electron chi connectivity index (χ1n) is 9.95. The van der Waals surface area contributed by atoms with Gasteiger partial charge in [-0.25, -0.2) is 0 Å². The van der Waals surface area contributed by atoms with E-state index < -0.39 is 0 Å². The van der Waals surface area contributed by atoms with Crippen molar-refractivity contribution in [3.8, 4) is 0 Å². The first-order chi connectivity index (χ1) is 13.6. The summed E-state index contributed by atoms with van der Waals surface area (Å²) >= 11 is 6.27. The van der Waals surface area contributed by atoms with Crippen LogP contribution in [0.4, 0.5) is 0 Å². The van der Waals surface area contributed by atoms with E-state index in [4.69, 9.17) is 21.1 Å². The molecule has 0 aromatic heterocycles. The van der Waals surface area contributed by atoms with Crippen LogP contribution < -0.4 is 5.32 Å². The van der Waals surface area contributed by atoms with E-state index in [9.17, 15) is 4.79 Å². The van der Waals surface area contributed by atoms with Gasteiger partial charge in [0.15, 0.2) is 5.96 Å². The van der Waals surface area contributed by atoms with Gasteiger partial charge in [0.05, 0.1) is 13.0 Å². The minimum Gasteiger partial charge on any atom is -0.469 e. The highest BCUT2D eigenvalue weighted by atomic mass is 127. The third-order valence-electron chi connectivity index (χ3n) is 6.01. The zero-order chi connectivity index (χ0) is 20.0. The Kier molecular flexibility index (Phi) is 9.49. The number of methoxy groups -OCH3 is 1. The molecule has 0 bridgehead atoms. The van der Waals surface area contributed by atoms with Crippen molar-refractivity contribution in [1.29, 1.82) is 0 Å². The molecule has 0 atom stereocenters. The predicted molar refractivity (Wildman–Crippen MR) is 126 cm³/mol. The molecule has 0 radical (unpaired) electrons. The molecular weight excluding hydrogens is 505 g/mol. The lowest BCUT2D eigenvalue weighted by molar-refractivity contribution is -0.146. The fourth-order valence-electron chi connectivity index (χ4n) is 4.22. The van der Waals surface area contributed by atoms with Gasteiger partial charge in [0.25, 0.3) is 0 Å². The second-order valence-electron chi connectivity index (χ2n) is 7.59. The molecule has 3 rings (SSSR count). The Morgan fingerprint density at radius 2 is 2.03 bits per heavy atom. The summed E-state index contributed by atoms with van der Waals surface area (Å²) < 4.78 is 10.5. The number of benzene rings is 1. The lowest BCUT2D eigenvalue weighted by Crippen LogP contribution is -2.51. The van der Waals surface area contributed by atoms with Crippen molar-refractivity contribution in [3.63, 3.8) is 0 Å². The molecule has 0 aliphatic carbocycles. The summed E-state index contributed by atoms with van der Waals surface area (Å²) in [6, 6.07) is 8.15. The highest BCUT2D eigenvalue weighted by molar-refractivity contribution is 14.0. The number of hydrogen-bond donors (Lipinski definition) is 1. The van der Waals surface area contributed by atoms with E-state index in [0.717, 1.165) is 69.5 Å². The molecule has 0 unspecified atom stereocenters. The van der Waals surface area contributed by atoms with E-state index in [0.29, 0.717) is 0 Å². The summed E-state index contributed by atoms with van der Waals surface area (Å²) in [6.07, 6.45) is 3.48. The minimum absolute atomic E-state index is 0. The number of rotatable bonds is 4. The third kappa shape index (κ3) is 5.98. The highest BCUT2D eigenvalue weighted by Gasteiger charge is 2.35. The summed E-state index contributed by atoms with van der Waals surface area (Å²) in [6.45, 7) is 3.87. The number of carbonyl (C=O) groups is 1. The maximum Gasteiger partial charge on any atom is 0.308 e. The van der Waals surface area contributed by atoms with Gasteiger partial charge in [-0.3, -0.25) is 9.79 Å². The van der Waals surface area contributed by atoms with Crippen LogP contribution in [0.25, 0.3) is 0 Å². The summed E-state index contributed by atoms with van der Waals surface area (Å²) in [5.74, 6) is 0.772. The molecule has 162 valence electrons. The fourth-order valence-corrected chi connectivity index (χ4v) is 4.41. The van der Waals surface area contributed by atoms with E-state index in [1.165, 1.54) is 12.7 Å². The zero-order valence-electron chi connectivity index (χ0n) is 17.2. The third-order valence-corrected chi connectivity index (χ3v) is 6.25. The maximum atomic E-state index is 11.8. The van der Waals surface area contributed by atoms with Crippen molar-refractivity contribution in [2.45, 2.75) is 31.1 Å². The second-order valence-corrected chi connectivity index (χ2v) is 8.02. The Morgan fingerprint density at radius 1 is 1.34 bits per heavy atom. The first-order valence-corrected chi connectivity index (χ1v) is 10.3. The van der Waals surface area contributed by atoms with Crippen LogP contribution in [0, 0.1) is 5.92 Å². The highest BCUT2D eigenvalue weighted by Crippen LogP contribution is 2.35. The lowest BCUT2D eigenvalue weighted by Gasteiger charge is -2.40. The number of nitrogens with zero attached hydrogens (tertiary/aromatic N) is 2. The number of ether oxygens (including phenoxy) is 2. The number of halogens is 2. The molecule has 0 amide bonds. The molecule has 1 N–H and O–H groups in total. The number of likely N-dealkylation sites (tertiary alicyclic amines) is 1. The summed E-state index contributed by atoms with van der Waals surface area (Å²) in [4.78, 5) is 18.5. The average Bonchev–Trinajstić information content (AvgIpc) is 2.74. The second kappa shape index (κ2) is 11.4. The van der Waals surface area contributed by atoms with Crippen molar-refractivity contribution in [1.82, 2.24) is 10.2 Å². The molecule has 0 saturated carbocycles. The molecule has 0 spiro atoms. The van der Waals surface area contributed by atoms with Crippen molar-refractivity contribution in [3.05, 3.63) is 34.9 Å². The largest absolute Gasteiger partial charge is 0.469 e. The van der Waals surface area contributed by atoms with Gasteiger partial charge in [-0.2, -0.15) is 0 Å². The van der Waals surface area contributed by atoms with Crippen molar-refractivity contribution in [2.24, 2.45) is 10.9 Å². The van der Waals surface area contributed by atoms with Crippen LogP contribution in [0.3, 0.4) is 0 Å². The van der Waals surface area contributed by atoms with E-state index in [-0.39, 0.29) is 41.3 Å². The van der Waals surface area contributed by atoms with Crippen molar-refractivity contribution >= 4 is 47.5 Å². The van der Waals surface area contributed by atoms with E-state index >= 15 is 0 Å². The van der Waals surface area contributed by atoms with Crippen LogP contribution in [-0.4, -0.2) is 63.8 Å². The zero-order valence-corrected chi connectivity index (χ0v) is 20.2. The predicted octanol–water partition coefficient (Wildman–Crippen LogP) is 3.47. The first kappa shape index (κ1) is 24.2. The van der Waals surface area contributed by atoms with Crippen molar-refractivity contribution in [2.75, 3.05) is 47.0 Å². The minimum atomic E-state index is -0.107. The molecule has 29 heavy (non-hydrogen) atoms. The number of aliphatic imine (C=N–C) groups is 1. The summed E-state index contributed by atoms with van der Waals surface area (Å²) in [5.41, 5.74) is 1.22. The van der Waals surface area contributed by atoms with E-state index in [2.05, 4.69) is 27.3 Å². The van der Waals surface area contributed by atoms with Gasteiger partial charge in [0.2, 0.25) is 0 Å². The maximum absolute atomic E-state index is 11.8. The van der Waals surface area contributed by atoms with Gasteiger partial charge < -0.3 is 19.7 Å². The molecule has 8 heteroatoms. The van der Waals surface area contributed by atoms with Crippen LogP contribution in [-0.2, 0) is 19.7 Å². The lowest BCUT2D eigenvalue weighted by atomic mass is 9.74. The quantitative estimate of drug-likeness (QED) is 0.277. The smallest absolute Gasteiger partial charge is 0.308 e. The topological polar surface area (TPSA) is 63.2 Å². The SMILES string of the molecule is CN=C(NCC1(c2cccc(Cl)c2)CCOCC1)N1CCC(C(=O)OC)CC1.I. The summed E-state index contributed by atoms with van der Waals surface area (Å²) in [5, 5.41) is 4.35. The van der Waals surface area contributed by atoms with Crippen molar-refractivity contribution < 1.29 is 14.3 Å². The van der Waals surface area contributed by atoms with Gasteiger partial charge in [0.1, 0.15) is 0 Å². The van der Waals surface area contributed by atoms with Gasteiger partial charge in [-0.05, 0) is 43.4 Å². The number of carbonyl (C=O) groups excluding carboxylic acids is 1. The molecule has 1 aromatic rings. The number of hydrogen-bond acceptors (Lipinski definition) is 4. The number of esters is 1. The van der Waals surface area contributed by atoms with Crippen LogP contribution in [0.15, 0.2) is 29.3 Å². The molecule has 2 aliphatic rings. The molecule has 2 heterocycles. The van der Waals surface area contributed by atoms with Crippen LogP contribution in [0.1, 0.15) is 31.2 Å². The summed E-state index contributed by atoms with van der Waals surface area (Å²) in [7, 11) is 3.27. The average molecular weight is 536 g/mol.